The molecule has 0 saturated carbocycles. The summed E-state index contributed by atoms with van der Waals surface area (Å²) in [6, 6.07) is 0. The van der Waals surface area contributed by atoms with E-state index in [9.17, 15) is 0 Å². The first kappa shape index (κ1) is 8.06. The second-order valence-corrected chi connectivity index (χ2v) is 3.59. The molecular weight excluding hydrogens is 122 g/mol. The lowest BCUT2D eigenvalue weighted by Gasteiger charge is -2.25. The Morgan fingerprint density at radius 3 is 2.50 bits per heavy atom. The number of rotatable bonds is 2. The molecule has 1 fully saturated rings. The zero-order chi connectivity index (χ0) is 7.40. The molecule has 60 valence electrons. The smallest absolute Gasteiger partial charge is 0.0758 e. The Labute approximate surface area is 64.2 Å². The van der Waals surface area contributed by atoms with Crippen molar-refractivity contribution in [1.82, 2.24) is 0 Å². The summed E-state index contributed by atoms with van der Waals surface area (Å²) in [4.78, 5) is 0. The monoisotopic (exact) mass is 142 g/mol. The Morgan fingerprint density at radius 2 is 2.00 bits per heavy atom. The molecule has 1 heterocycles. The molecule has 10 heavy (non-hydrogen) atoms. The maximum Gasteiger partial charge on any atom is 0.0758 e. The van der Waals surface area contributed by atoms with Crippen molar-refractivity contribution in [1.29, 1.82) is 0 Å². The number of piperidine rings is 1. The van der Waals surface area contributed by atoms with Crippen molar-refractivity contribution in [2.24, 2.45) is 11.8 Å². The van der Waals surface area contributed by atoms with E-state index in [1.165, 1.54) is 32.4 Å². The Morgan fingerprint density at radius 1 is 1.40 bits per heavy atom. The number of hydrogen-bond acceptors (Lipinski definition) is 0. The number of nitrogens with two attached hydrogens (primary N) is 1. The Bertz CT molecular complexity index is 84.7. The average molecular weight is 142 g/mol. The maximum absolute atomic E-state index is 2.44. The minimum Gasteiger partial charge on any atom is -0.346 e. The van der Waals surface area contributed by atoms with E-state index >= 15 is 0 Å². The van der Waals surface area contributed by atoms with Gasteiger partial charge in [0.15, 0.2) is 0 Å². The van der Waals surface area contributed by atoms with Crippen LogP contribution in [0.15, 0.2) is 0 Å². The Balaban J connectivity index is 2.24. The van der Waals surface area contributed by atoms with Crippen molar-refractivity contribution in [3.05, 3.63) is 0 Å². The molecule has 1 rings (SSSR count). The zero-order valence-corrected chi connectivity index (χ0v) is 7.27. The van der Waals surface area contributed by atoms with Gasteiger partial charge < -0.3 is 5.32 Å². The van der Waals surface area contributed by atoms with E-state index in [0.717, 1.165) is 11.8 Å². The molecule has 1 nitrogen and oxygen atoms in total. The molecule has 0 aromatic rings. The van der Waals surface area contributed by atoms with Gasteiger partial charge in [0.2, 0.25) is 0 Å². The second kappa shape index (κ2) is 3.97. The zero-order valence-electron chi connectivity index (χ0n) is 7.27. The SMILES string of the molecule is CCC(C)C1CC[NH2+]CC1. The van der Waals surface area contributed by atoms with Crippen LogP contribution in [0.1, 0.15) is 33.1 Å². The predicted octanol–water partition coefficient (Wildman–Crippen LogP) is 1.01. The van der Waals surface area contributed by atoms with Gasteiger partial charge >= 0.3 is 0 Å². The molecule has 1 unspecified atom stereocenters. The summed E-state index contributed by atoms with van der Waals surface area (Å²) in [7, 11) is 0. The third-order valence-electron chi connectivity index (χ3n) is 2.93. The molecule has 1 saturated heterocycles. The largest absolute Gasteiger partial charge is 0.346 e. The van der Waals surface area contributed by atoms with Crippen LogP contribution in [0.3, 0.4) is 0 Å². The summed E-state index contributed by atoms with van der Waals surface area (Å²) < 4.78 is 0. The van der Waals surface area contributed by atoms with E-state index in [2.05, 4.69) is 19.2 Å². The Hall–Kier alpha value is -0.0400. The van der Waals surface area contributed by atoms with Crippen molar-refractivity contribution >= 4 is 0 Å². The van der Waals surface area contributed by atoms with Crippen molar-refractivity contribution in [2.45, 2.75) is 33.1 Å². The van der Waals surface area contributed by atoms with Crippen LogP contribution in [-0.2, 0) is 0 Å². The highest BCUT2D eigenvalue weighted by molar-refractivity contribution is 4.66. The lowest BCUT2D eigenvalue weighted by atomic mass is 9.85. The van der Waals surface area contributed by atoms with Crippen LogP contribution in [0.4, 0.5) is 0 Å². The van der Waals surface area contributed by atoms with Gasteiger partial charge in [0.05, 0.1) is 13.1 Å². The summed E-state index contributed by atoms with van der Waals surface area (Å²) in [5.41, 5.74) is 0. The highest BCUT2D eigenvalue weighted by atomic mass is 14.9. The quantitative estimate of drug-likeness (QED) is 0.592. The minimum atomic E-state index is 0.966. The first-order valence-corrected chi connectivity index (χ1v) is 4.66. The van der Waals surface area contributed by atoms with Gasteiger partial charge in [-0.25, -0.2) is 0 Å². The molecule has 0 amide bonds. The topological polar surface area (TPSA) is 16.6 Å². The normalized spacial score (nSPS) is 24.6. The van der Waals surface area contributed by atoms with Crippen LogP contribution in [0.25, 0.3) is 0 Å². The van der Waals surface area contributed by atoms with E-state index in [-0.39, 0.29) is 0 Å². The third kappa shape index (κ3) is 1.98. The molecule has 0 aromatic carbocycles. The molecule has 0 aliphatic carbocycles. The van der Waals surface area contributed by atoms with Crippen molar-refractivity contribution < 1.29 is 5.32 Å². The van der Waals surface area contributed by atoms with Crippen LogP contribution in [-0.4, -0.2) is 13.1 Å². The fourth-order valence-corrected chi connectivity index (χ4v) is 1.85. The van der Waals surface area contributed by atoms with Crippen molar-refractivity contribution in [3.8, 4) is 0 Å². The van der Waals surface area contributed by atoms with Gasteiger partial charge in [-0.15, -0.1) is 0 Å². The molecule has 1 heteroatoms. The molecule has 1 aliphatic rings. The lowest BCUT2D eigenvalue weighted by molar-refractivity contribution is -0.665. The maximum atomic E-state index is 2.44. The van der Waals surface area contributed by atoms with Gasteiger partial charge in [-0.3, -0.25) is 0 Å². The molecule has 2 N–H and O–H groups in total. The van der Waals surface area contributed by atoms with Gasteiger partial charge in [0.1, 0.15) is 0 Å². The highest BCUT2D eigenvalue weighted by Crippen LogP contribution is 2.21. The van der Waals surface area contributed by atoms with Crippen LogP contribution < -0.4 is 5.32 Å². The molecule has 0 aromatic heterocycles. The minimum absolute atomic E-state index is 0.966. The Kier molecular flexibility index (Phi) is 3.20. The number of hydrogen-bond donors (Lipinski definition) is 1. The fraction of sp³-hybridized carbons (Fsp3) is 1.00. The summed E-state index contributed by atoms with van der Waals surface area (Å²) in [5, 5.41) is 2.44. The van der Waals surface area contributed by atoms with E-state index in [1.807, 2.05) is 0 Å². The van der Waals surface area contributed by atoms with Crippen molar-refractivity contribution in [3.63, 3.8) is 0 Å². The second-order valence-electron chi connectivity index (χ2n) is 3.59. The molecule has 0 spiro atoms. The first-order valence-electron chi connectivity index (χ1n) is 4.66. The number of quaternary nitrogens is 1. The highest BCUT2D eigenvalue weighted by Gasteiger charge is 2.19. The third-order valence-corrected chi connectivity index (χ3v) is 2.93. The summed E-state index contributed by atoms with van der Waals surface area (Å²) in [6.07, 6.45) is 4.27. The van der Waals surface area contributed by atoms with Crippen LogP contribution in [0, 0.1) is 11.8 Å². The van der Waals surface area contributed by atoms with Crippen LogP contribution >= 0.6 is 0 Å². The molecule has 0 bridgehead atoms. The molecule has 0 radical (unpaired) electrons. The average Bonchev–Trinajstić information content (AvgIpc) is 2.05. The van der Waals surface area contributed by atoms with E-state index in [0.29, 0.717) is 0 Å². The predicted molar refractivity (Wildman–Crippen MR) is 43.8 cm³/mol. The van der Waals surface area contributed by atoms with E-state index in [4.69, 9.17) is 0 Å². The molecule has 1 atom stereocenters. The standard InChI is InChI=1S/C9H19N/c1-3-8(2)9-4-6-10-7-5-9/h8-10H,3-7H2,1-2H3/p+1. The van der Waals surface area contributed by atoms with Gasteiger partial charge in [0, 0.05) is 0 Å². The van der Waals surface area contributed by atoms with Gasteiger partial charge in [-0.2, -0.15) is 0 Å². The summed E-state index contributed by atoms with van der Waals surface area (Å²) in [5.74, 6) is 2.00. The van der Waals surface area contributed by atoms with Crippen molar-refractivity contribution in [2.75, 3.05) is 13.1 Å². The van der Waals surface area contributed by atoms with Crippen LogP contribution in [0.5, 0.6) is 0 Å². The van der Waals surface area contributed by atoms with E-state index < -0.39 is 0 Å². The van der Waals surface area contributed by atoms with E-state index in [1.54, 1.807) is 0 Å². The molecular formula is C9H20N+. The van der Waals surface area contributed by atoms with Gasteiger partial charge in [-0.05, 0) is 24.7 Å². The first-order chi connectivity index (χ1) is 4.84. The summed E-state index contributed by atoms with van der Waals surface area (Å²) in [6.45, 7) is 7.45. The molecule has 1 aliphatic heterocycles. The lowest BCUT2D eigenvalue weighted by Crippen LogP contribution is -2.86. The fourth-order valence-electron chi connectivity index (χ4n) is 1.85. The van der Waals surface area contributed by atoms with Gasteiger partial charge in [-0.1, -0.05) is 20.3 Å². The van der Waals surface area contributed by atoms with Gasteiger partial charge in [0.25, 0.3) is 0 Å². The summed E-state index contributed by atoms with van der Waals surface area (Å²) >= 11 is 0. The van der Waals surface area contributed by atoms with Crippen LogP contribution in [0.2, 0.25) is 0 Å².